The van der Waals surface area contributed by atoms with E-state index in [0.29, 0.717) is 24.7 Å². The Morgan fingerprint density at radius 2 is 1.59 bits per heavy atom. The lowest BCUT2D eigenvalue weighted by atomic mass is 10.0. The third-order valence-electron chi connectivity index (χ3n) is 2.83. The van der Waals surface area contributed by atoms with Gasteiger partial charge in [-0.1, -0.05) is 27.7 Å². The lowest BCUT2D eigenvalue weighted by molar-refractivity contribution is -0.121. The van der Waals surface area contributed by atoms with Gasteiger partial charge in [0.15, 0.2) is 0 Å². The first-order chi connectivity index (χ1) is 7.91. The predicted octanol–water partition coefficient (Wildman–Crippen LogP) is 2.73. The molecule has 3 heteroatoms. The fourth-order valence-corrected chi connectivity index (χ4v) is 1.56. The zero-order valence-electron chi connectivity index (χ0n) is 11.8. The van der Waals surface area contributed by atoms with Gasteiger partial charge in [0.2, 0.25) is 5.91 Å². The maximum atomic E-state index is 11.4. The minimum atomic E-state index is -0.326. The monoisotopic (exact) mass is 243 g/mol. The average Bonchev–Trinajstić information content (AvgIpc) is 2.23. The topological polar surface area (TPSA) is 49.3 Å². The van der Waals surface area contributed by atoms with Crippen molar-refractivity contribution < 1.29 is 9.90 Å². The van der Waals surface area contributed by atoms with Crippen LogP contribution in [0.15, 0.2) is 0 Å². The second-order valence-electron chi connectivity index (χ2n) is 5.70. The van der Waals surface area contributed by atoms with Crippen LogP contribution in [0, 0.1) is 11.8 Å². The molecule has 0 aromatic rings. The molecule has 0 aromatic heterocycles. The molecule has 1 unspecified atom stereocenters. The van der Waals surface area contributed by atoms with E-state index in [4.69, 9.17) is 0 Å². The minimum absolute atomic E-state index is 0.0641. The molecule has 0 fully saturated rings. The highest BCUT2D eigenvalue weighted by atomic mass is 16.3. The summed E-state index contributed by atoms with van der Waals surface area (Å²) in [7, 11) is 0. The van der Waals surface area contributed by atoms with Crippen molar-refractivity contribution in [1.82, 2.24) is 5.32 Å². The molecule has 0 rings (SSSR count). The Morgan fingerprint density at radius 3 is 2.12 bits per heavy atom. The van der Waals surface area contributed by atoms with Gasteiger partial charge in [-0.05, 0) is 37.5 Å². The van der Waals surface area contributed by atoms with Crippen LogP contribution in [0.2, 0.25) is 0 Å². The summed E-state index contributed by atoms with van der Waals surface area (Å²) in [4.78, 5) is 11.4. The van der Waals surface area contributed by atoms with Crippen molar-refractivity contribution in [3.05, 3.63) is 0 Å². The first kappa shape index (κ1) is 16.4. The summed E-state index contributed by atoms with van der Waals surface area (Å²) in [5, 5.41) is 12.6. The summed E-state index contributed by atoms with van der Waals surface area (Å²) in [6.07, 6.45) is 3.54. The number of hydrogen-bond acceptors (Lipinski definition) is 2. The first-order valence-corrected chi connectivity index (χ1v) is 6.86. The summed E-state index contributed by atoms with van der Waals surface area (Å²) in [5.41, 5.74) is 0. The Bertz CT molecular complexity index is 202. The maximum Gasteiger partial charge on any atom is 0.220 e. The fraction of sp³-hybridized carbons (Fsp3) is 0.929. The highest BCUT2D eigenvalue weighted by Crippen LogP contribution is 2.10. The minimum Gasteiger partial charge on any atom is -0.393 e. The van der Waals surface area contributed by atoms with Crippen LogP contribution in [0.25, 0.3) is 0 Å². The van der Waals surface area contributed by atoms with Gasteiger partial charge in [-0.15, -0.1) is 0 Å². The van der Waals surface area contributed by atoms with E-state index in [-0.39, 0.29) is 12.0 Å². The highest BCUT2D eigenvalue weighted by Gasteiger charge is 2.08. The number of carbonyl (C=O) groups excluding carboxylic acids is 1. The van der Waals surface area contributed by atoms with Crippen LogP contribution in [0.5, 0.6) is 0 Å². The normalized spacial score (nSPS) is 13.1. The predicted molar refractivity (Wildman–Crippen MR) is 71.8 cm³/mol. The number of aliphatic hydroxyl groups excluding tert-OH is 1. The molecule has 0 aliphatic heterocycles. The summed E-state index contributed by atoms with van der Waals surface area (Å²) >= 11 is 0. The smallest absolute Gasteiger partial charge is 0.220 e. The second kappa shape index (κ2) is 9.46. The van der Waals surface area contributed by atoms with Crippen LogP contribution in [-0.2, 0) is 4.79 Å². The molecule has 0 heterocycles. The highest BCUT2D eigenvalue weighted by molar-refractivity contribution is 5.75. The van der Waals surface area contributed by atoms with E-state index in [1.807, 2.05) is 0 Å². The van der Waals surface area contributed by atoms with Crippen molar-refractivity contribution in [2.45, 2.75) is 65.9 Å². The Balaban J connectivity index is 3.48. The lowest BCUT2D eigenvalue weighted by Crippen LogP contribution is -2.26. The van der Waals surface area contributed by atoms with Crippen LogP contribution in [0.1, 0.15) is 59.8 Å². The van der Waals surface area contributed by atoms with E-state index in [1.165, 1.54) is 0 Å². The number of hydrogen-bond donors (Lipinski definition) is 2. The van der Waals surface area contributed by atoms with Gasteiger partial charge in [-0.25, -0.2) is 0 Å². The van der Waals surface area contributed by atoms with Crippen LogP contribution in [0.4, 0.5) is 0 Å². The molecular weight excluding hydrogens is 214 g/mol. The van der Waals surface area contributed by atoms with Gasteiger partial charge in [0.05, 0.1) is 6.10 Å². The summed E-state index contributed by atoms with van der Waals surface area (Å²) in [6, 6.07) is 0. The standard InChI is InChI=1S/C14H29NO2/c1-11(2)5-6-13(16)7-8-14(17)15-10-9-12(3)4/h11-13,16H,5-10H2,1-4H3,(H,15,17). The van der Waals surface area contributed by atoms with Gasteiger partial charge < -0.3 is 10.4 Å². The molecule has 1 atom stereocenters. The Labute approximate surface area is 106 Å². The SMILES string of the molecule is CC(C)CCNC(=O)CCC(O)CCC(C)C. The molecule has 0 spiro atoms. The van der Waals surface area contributed by atoms with Crippen molar-refractivity contribution in [3.8, 4) is 0 Å². The number of rotatable bonds is 9. The van der Waals surface area contributed by atoms with Crippen molar-refractivity contribution in [3.63, 3.8) is 0 Å². The Kier molecular flexibility index (Phi) is 9.14. The number of carbonyl (C=O) groups is 1. The number of aliphatic hydroxyl groups is 1. The molecular formula is C14H29NO2. The molecule has 102 valence electrons. The van der Waals surface area contributed by atoms with Gasteiger partial charge in [0.1, 0.15) is 0 Å². The molecule has 3 nitrogen and oxygen atoms in total. The Hall–Kier alpha value is -0.570. The summed E-state index contributed by atoms with van der Waals surface area (Å²) < 4.78 is 0. The molecule has 0 bridgehead atoms. The lowest BCUT2D eigenvalue weighted by Gasteiger charge is -2.12. The van der Waals surface area contributed by atoms with Crippen LogP contribution in [-0.4, -0.2) is 23.7 Å². The fourth-order valence-electron chi connectivity index (χ4n) is 1.56. The molecule has 0 radical (unpaired) electrons. The average molecular weight is 243 g/mol. The first-order valence-electron chi connectivity index (χ1n) is 6.86. The molecule has 2 N–H and O–H groups in total. The van der Waals surface area contributed by atoms with Crippen molar-refractivity contribution in [1.29, 1.82) is 0 Å². The molecule has 0 aromatic carbocycles. The quantitative estimate of drug-likeness (QED) is 0.654. The van der Waals surface area contributed by atoms with E-state index >= 15 is 0 Å². The van der Waals surface area contributed by atoms with Crippen molar-refractivity contribution in [2.75, 3.05) is 6.54 Å². The van der Waals surface area contributed by atoms with Crippen LogP contribution < -0.4 is 5.32 Å². The van der Waals surface area contributed by atoms with E-state index in [2.05, 4.69) is 33.0 Å². The Morgan fingerprint density at radius 1 is 1.00 bits per heavy atom. The van der Waals surface area contributed by atoms with E-state index in [1.54, 1.807) is 0 Å². The zero-order chi connectivity index (χ0) is 13.3. The van der Waals surface area contributed by atoms with Crippen LogP contribution in [0.3, 0.4) is 0 Å². The van der Waals surface area contributed by atoms with Crippen molar-refractivity contribution >= 4 is 5.91 Å². The van der Waals surface area contributed by atoms with E-state index in [0.717, 1.165) is 25.8 Å². The largest absolute Gasteiger partial charge is 0.393 e. The van der Waals surface area contributed by atoms with E-state index < -0.39 is 0 Å². The van der Waals surface area contributed by atoms with Gasteiger partial charge in [0, 0.05) is 13.0 Å². The van der Waals surface area contributed by atoms with E-state index in [9.17, 15) is 9.90 Å². The molecule has 0 saturated heterocycles. The zero-order valence-corrected chi connectivity index (χ0v) is 11.8. The molecule has 1 amide bonds. The molecule has 0 saturated carbocycles. The molecule has 0 aliphatic carbocycles. The summed E-state index contributed by atoms with van der Waals surface area (Å²) in [6.45, 7) is 9.32. The van der Waals surface area contributed by atoms with Crippen LogP contribution >= 0.6 is 0 Å². The van der Waals surface area contributed by atoms with Gasteiger partial charge in [-0.2, -0.15) is 0 Å². The summed E-state index contributed by atoms with van der Waals surface area (Å²) in [5.74, 6) is 1.30. The maximum absolute atomic E-state index is 11.4. The van der Waals surface area contributed by atoms with Gasteiger partial charge in [-0.3, -0.25) is 4.79 Å². The van der Waals surface area contributed by atoms with Gasteiger partial charge >= 0.3 is 0 Å². The molecule has 0 aliphatic rings. The third-order valence-corrected chi connectivity index (χ3v) is 2.83. The molecule has 17 heavy (non-hydrogen) atoms. The third kappa shape index (κ3) is 11.7. The number of nitrogens with one attached hydrogen (secondary N) is 1. The number of amides is 1. The second-order valence-corrected chi connectivity index (χ2v) is 5.70. The van der Waals surface area contributed by atoms with Gasteiger partial charge in [0.25, 0.3) is 0 Å². The van der Waals surface area contributed by atoms with Crippen molar-refractivity contribution in [2.24, 2.45) is 11.8 Å².